The van der Waals surface area contributed by atoms with Gasteiger partial charge in [0.2, 0.25) is 5.88 Å². The quantitative estimate of drug-likeness (QED) is 0.506. The lowest BCUT2D eigenvalue weighted by atomic mass is 10.1. The van der Waals surface area contributed by atoms with E-state index in [9.17, 15) is 18.4 Å². The summed E-state index contributed by atoms with van der Waals surface area (Å²) in [7, 11) is 1.40. The second-order valence-corrected chi connectivity index (χ2v) is 7.12. The van der Waals surface area contributed by atoms with Gasteiger partial charge in [0.1, 0.15) is 17.0 Å². The average Bonchev–Trinajstić information content (AvgIpc) is 3.10. The number of aromatic carboxylic acids is 1. The van der Waals surface area contributed by atoms with Crippen molar-refractivity contribution < 1.29 is 28.2 Å². The van der Waals surface area contributed by atoms with Gasteiger partial charge >= 0.3 is 5.97 Å². The Morgan fingerprint density at radius 3 is 2.48 bits per heavy atom. The third kappa shape index (κ3) is 5.36. The normalized spacial score (nSPS) is 11.5. The summed E-state index contributed by atoms with van der Waals surface area (Å²) in [5.41, 5.74) is 0.270. The molecule has 33 heavy (non-hydrogen) atoms. The smallest absolute Gasteiger partial charge is 0.335 e. The molecule has 1 aromatic heterocycles. The largest absolute Gasteiger partial charge is 0.478 e. The van der Waals surface area contributed by atoms with Gasteiger partial charge in [0.15, 0.2) is 0 Å². The molecule has 3 rings (SSSR count). The van der Waals surface area contributed by atoms with Crippen LogP contribution in [0.1, 0.15) is 63.9 Å². The molecule has 2 N–H and O–H groups in total. The van der Waals surface area contributed by atoms with Crippen molar-refractivity contribution in [2.45, 2.75) is 26.3 Å². The van der Waals surface area contributed by atoms with Crippen LogP contribution in [-0.2, 0) is 7.05 Å². The molecular formula is C24H21F2N3O4. The molecule has 0 radical (unpaired) electrons. The lowest BCUT2D eigenvalue weighted by Crippen LogP contribution is -2.27. The van der Waals surface area contributed by atoms with Crippen LogP contribution in [0, 0.1) is 11.8 Å². The number of carbonyl (C=O) groups excluding carboxylic acids is 1. The molecule has 3 aromatic rings. The Hall–Kier alpha value is -4.19. The van der Waals surface area contributed by atoms with Crippen molar-refractivity contribution in [3.8, 4) is 23.5 Å². The topological polar surface area (TPSA) is 93.4 Å². The highest BCUT2D eigenvalue weighted by atomic mass is 19.3. The number of nitrogens with one attached hydrogen (secondary N) is 1. The molecule has 1 heterocycles. The minimum Gasteiger partial charge on any atom is -0.478 e. The summed E-state index contributed by atoms with van der Waals surface area (Å²) in [5, 5.41) is 15.5. The highest BCUT2D eigenvalue weighted by Gasteiger charge is 2.30. The Bertz CT molecular complexity index is 1240. The van der Waals surface area contributed by atoms with Crippen LogP contribution in [0.15, 0.2) is 48.5 Å². The molecule has 0 aliphatic carbocycles. The fourth-order valence-corrected chi connectivity index (χ4v) is 3.17. The summed E-state index contributed by atoms with van der Waals surface area (Å²) in [4.78, 5) is 24.1. The van der Waals surface area contributed by atoms with E-state index in [-0.39, 0.29) is 17.0 Å². The van der Waals surface area contributed by atoms with E-state index in [2.05, 4.69) is 22.3 Å². The minimum atomic E-state index is -3.00. The lowest BCUT2D eigenvalue weighted by Gasteiger charge is -2.16. The number of benzene rings is 2. The number of alkyl halides is 2. The Morgan fingerprint density at radius 1 is 1.18 bits per heavy atom. The van der Waals surface area contributed by atoms with Crippen molar-refractivity contribution >= 4 is 11.9 Å². The lowest BCUT2D eigenvalue weighted by molar-refractivity contribution is 0.0696. The molecule has 0 aliphatic heterocycles. The number of rotatable bonds is 7. The fourth-order valence-electron chi connectivity index (χ4n) is 3.17. The highest BCUT2D eigenvalue weighted by Crippen LogP contribution is 2.33. The molecule has 7 nitrogen and oxygen atoms in total. The van der Waals surface area contributed by atoms with Gasteiger partial charge in [-0.25, -0.2) is 18.3 Å². The van der Waals surface area contributed by atoms with Crippen LogP contribution >= 0.6 is 0 Å². The van der Waals surface area contributed by atoms with E-state index in [1.54, 1.807) is 50.2 Å². The van der Waals surface area contributed by atoms with Gasteiger partial charge in [0.05, 0.1) is 11.6 Å². The fraction of sp³-hybridized carbons (Fsp3) is 0.208. The van der Waals surface area contributed by atoms with Crippen LogP contribution in [0.3, 0.4) is 0 Å². The molecule has 0 saturated carbocycles. The highest BCUT2D eigenvalue weighted by molar-refractivity contribution is 5.98. The van der Waals surface area contributed by atoms with E-state index in [4.69, 9.17) is 9.84 Å². The predicted octanol–water partition coefficient (Wildman–Crippen LogP) is 4.71. The van der Waals surface area contributed by atoms with Crippen molar-refractivity contribution in [3.63, 3.8) is 0 Å². The van der Waals surface area contributed by atoms with Crippen LogP contribution in [0.2, 0.25) is 0 Å². The van der Waals surface area contributed by atoms with E-state index in [0.29, 0.717) is 16.9 Å². The summed E-state index contributed by atoms with van der Waals surface area (Å²) >= 11 is 0. The molecular weight excluding hydrogens is 432 g/mol. The Labute approximate surface area is 189 Å². The molecule has 9 heteroatoms. The van der Waals surface area contributed by atoms with Gasteiger partial charge in [-0.2, -0.15) is 5.10 Å². The van der Waals surface area contributed by atoms with E-state index >= 15 is 0 Å². The Kier molecular flexibility index (Phi) is 7.08. The molecule has 0 aliphatic rings. The first-order valence-corrected chi connectivity index (χ1v) is 9.91. The first kappa shape index (κ1) is 23.5. The molecule has 0 bridgehead atoms. The maximum absolute atomic E-state index is 13.7. The van der Waals surface area contributed by atoms with Gasteiger partial charge in [-0.15, -0.1) is 5.92 Å². The standard InChI is InChI=1S/C24H21F2N3O4/c1-4-6-15-7-5-8-18(13-15)33-23-19(20(21(25)26)28-29(23)3)22(30)27-14(2)16-9-11-17(12-10-16)24(31)32/h5,7-14,21H,1-3H3,(H,27,30)(H,31,32)/t14-/m0/s1. The molecule has 2 aromatic carbocycles. The number of ether oxygens (including phenoxy) is 1. The number of hydrogen-bond donors (Lipinski definition) is 2. The van der Waals surface area contributed by atoms with E-state index in [0.717, 1.165) is 4.68 Å². The number of carboxylic acids is 1. The maximum Gasteiger partial charge on any atom is 0.335 e. The van der Waals surface area contributed by atoms with Crippen LogP contribution in [0.5, 0.6) is 11.6 Å². The van der Waals surface area contributed by atoms with Crippen molar-refractivity contribution in [1.29, 1.82) is 0 Å². The molecule has 0 spiro atoms. The SMILES string of the molecule is CC#Cc1cccc(Oc2c(C(=O)N[C@@H](C)c3ccc(C(=O)O)cc3)c(C(F)F)nn2C)c1. The van der Waals surface area contributed by atoms with Crippen molar-refractivity contribution in [2.24, 2.45) is 7.05 Å². The van der Waals surface area contributed by atoms with Crippen molar-refractivity contribution in [1.82, 2.24) is 15.1 Å². The summed E-state index contributed by atoms with van der Waals surface area (Å²) in [6.45, 7) is 3.34. The zero-order valence-electron chi connectivity index (χ0n) is 18.1. The minimum absolute atomic E-state index is 0.0928. The molecule has 0 unspecified atom stereocenters. The number of aryl methyl sites for hydroxylation is 1. The summed E-state index contributed by atoms with van der Waals surface area (Å²) in [6, 6.07) is 12.0. The number of aromatic nitrogens is 2. The van der Waals surface area contributed by atoms with Crippen LogP contribution < -0.4 is 10.1 Å². The third-order valence-corrected chi connectivity index (χ3v) is 4.78. The van der Waals surface area contributed by atoms with E-state index in [1.807, 2.05) is 0 Å². The van der Waals surface area contributed by atoms with Crippen molar-refractivity contribution in [3.05, 3.63) is 76.5 Å². The molecule has 170 valence electrons. The number of carbonyl (C=O) groups is 2. The van der Waals surface area contributed by atoms with Gasteiger partial charge in [0, 0.05) is 12.6 Å². The van der Waals surface area contributed by atoms with Gasteiger partial charge < -0.3 is 15.2 Å². The second-order valence-electron chi connectivity index (χ2n) is 7.12. The Balaban J connectivity index is 1.92. The number of carboxylic acid groups (broad SMARTS) is 1. The maximum atomic E-state index is 13.7. The van der Waals surface area contributed by atoms with E-state index < -0.39 is 30.0 Å². The number of amides is 1. The number of hydrogen-bond acceptors (Lipinski definition) is 4. The average molecular weight is 453 g/mol. The summed E-state index contributed by atoms with van der Waals surface area (Å²) in [5.74, 6) is 3.93. The molecule has 0 saturated heterocycles. The summed E-state index contributed by atoms with van der Waals surface area (Å²) < 4.78 is 34.2. The summed E-state index contributed by atoms with van der Waals surface area (Å²) in [6.07, 6.45) is -3.00. The zero-order chi connectivity index (χ0) is 24.1. The first-order chi connectivity index (χ1) is 15.7. The third-order valence-electron chi connectivity index (χ3n) is 4.78. The molecule has 1 atom stereocenters. The molecule has 0 fully saturated rings. The monoisotopic (exact) mass is 453 g/mol. The molecule has 1 amide bonds. The van der Waals surface area contributed by atoms with Crippen LogP contribution in [-0.4, -0.2) is 26.8 Å². The predicted molar refractivity (Wildman–Crippen MR) is 117 cm³/mol. The van der Waals surface area contributed by atoms with Gasteiger partial charge in [-0.3, -0.25) is 4.79 Å². The van der Waals surface area contributed by atoms with Gasteiger partial charge in [-0.1, -0.05) is 24.1 Å². The number of halogens is 2. The first-order valence-electron chi connectivity index (χ1n) is 9.91. The van der Waals surface area contributed by atoms with Crippen LogP contribution in [0.4, 0.5) is 8.78 Å². The van der Waals surface area contributed by atoms with E-state index in [1.165, 1.54) is 19.2 Å². The second kappa shape index (κ2) is 9.96. The van der Waals surface area contributed by atoms with Gasteiger partial charge in [-0.05, 0) is 49.7 Å². The van der Waals surface area contributed by atoms with Crippen molar-refractivity contribution in [2.75, 3.05) is 0 Å². The van der Waals surface area contributed by atoms with Gasteiger partial charge in [0.25, 0.3) is 12.3 Å². The Morgan fingerprint density at radius 2 is 1.88 bits per heavy atom. The number of nitrogens with zero attached hydrogens (tertiary/aromatic N) is 2. The van der Waals surface area contributed by atoms with Crippen LogP contribution in [0.25, 0.3) is 0 Å². The zero-order valence-corrected chi connectivity index (χ0v) is 18.1.